The van der Waals surface area contributed by atoms with Gasteiger partial charge < -0.3 is 29.5 Å². The van der Waals surface area contributed by atoms with E-state index in [1.807, 2.05) is 11.0 Å². The van der Waals surface area contributed by atoms with Gasteiger partial charge in [-0.2, -0.15) is 5.26 Å². The number of nitrogens with zero attached hydrogens (tertiary/aromatic N) is 4. The molecule has 7 rings (SSSR count). The van der Waals surface area contributed by atoms with Crippen LogP contribution in [0.15, 0.2) is 67.0 Å². The number of hydrogen-bond donors (Lipinski definition) is 2. The molecule has 3 fully saturated rings. The van der Waals surface area contributed by atoms with Crippen LogP contribution in [0.1, 0.15) is 71.9 Å². The lowest BCUT2D eigenvalue weighted by molar-refractivity contribution is -0.144. The number of carboxylic acid groups (broad SMARTS) is 1. The highest BCUT2D eigenvalue weighted by atomic mass is 35.5. The van der Waals surface area contributed by atoms with E-state index in [1.54, 1.807) is 18.3 Å². The average Bonchev–Trinajstić information content (AvgIpc) is 3.63. The maximum atomic E-state index is 12.1. The number of fused-ring (bicyclic) bond motifs is 1. The fourth-order valence-corrected chi connectivity index (χ4v) is 8.79. The summed E-state index contributed by atoms with van der Waals surface area (Å²) in [5, 5.41) is 23.4. The Morgan fingerprint density at radius 3 is 2.57 bits per heavy atom. The number of likely N-dealkylation sites (tertiary alicyclic amines) is 2. The Morgan fingerprint density at radius 1 is 0.929 bits per heavy atom. The van der Waals surface area contributed by atoms with Crippen molar-refractivity contribution in [2.45, 2.75) is 84.2 Å². The van der Waals surface area contributed by atoms with Crippen LogP contribution in [0.2, 0.25) is 5.02 Å². The molecule has 56 heavy (non-hydrogen) atoms. The topological polar surface area (TPSA) is 120 Å². The van der Waals surface area contributed by atoms with E-state index in [-0.39, 0.29) is 13.2 Å². The van der Waals surface area contributed by atoms with Gasteiger partial charge in [-0.15, -0.1) is 0 Å². The maximum Gasteiger partial charge on any atom is 0.320 e. The minimum atomic E-state index is -0.826. The molecule has 3 aliphatic rings. The summed E-state index contributed by atoms with van der Waals surface area (Å²) < 4.78 is 19.1. The minimum Gasteiger partial charge on any atom is -0.493 e. The first kappa shape index (κ1) is 39.6. The van der Waals surface area contributed by atoms with Crippen molar-refractivity contribution < 1.29 is 24.1 Å². The van der Waals surface area contributed by atoms with E-state index in [2.05, 4.69) is 71.5 Å². The van der Waals surface area contributed by atoms with Crippen LogP contribution in [0.25, 0.3) is 11.1 Å². The van der Waals surface area contributed by atoms with E-state index in [4.69, 9.17) is 25.8 Å². The van der Waals surface area contributed by atoms with Gasteiger partial charge in [-0.25, -0.2) is 0 Å². The van der Waals surface area contributed by atoms with Crippen molar-refractivity contribution in [3.8, 4) is 34.4 Å². The standard InChI is InChI=1S/C45H52ClN5O5/c1-30-35(9-5-11-37(30)38-12-6-14-42(31(38)2)54-18-8-16-50-25-34-10-7-15-49-40(34)27-50)29-56-44-21-43(55-28-33-19-32(22-47)23-48-24-33)36(20-39(44)46)26-51-17-4-3-13-41(51)45(52)53/h5-6,9,11-12,14,19-21,23-24,34,40-41,49H,3-4,7-8,10,13,15-18,25-29H2,1-2H3,(H,52,53)/t34?,40?,41-/m0/s1. The highest BCUT2D eigenvalue weighted by Crippen LogP contribution is 2.37. The Hall–Kier alpha value is -4.66. The third-order valence-corrected chi connectivity index (χ3v) is 12.0. The molecule has 11 heteroatoms. The number of halogens is 1. The van der Waals surface area contributed by atoms with Crippen molar-refractivity contribution in [3.05, 3.63) is 105 Å². The molecule has 3 saturated heterocycles. The van der Waals surface area contributed by atoms with Crippen LogP contribution in [0.3, 0.4) is 0 Å². The Morgan fingerprint density at radius 2 is 1.75 bits per heavy atom. The summed E-state index contributed by atoms with van der Waals surface area (Å²) in [6.07, 6.45) is 9.21. The third kappa shape index (κ3) is 9.47. The van der Waals surface area contributed by atoms with E-state index in [0.29, 0.717) is 54.2 Å². The number of ether oxygens (including phenoxy) is 3. The molecule has 0 bridgehead atoms. The Bertz CT molecular complexity index is 2040. The van der Waals surface area contributed by atoms with Crippen LogP contribution in [-0.2, 0) is 24.6 Å². The second-order valence-electron chi connectivity index (χ2n) is 15.4. The molecule has 0 spiro atoms. The second-order valence-corrected chi connectivity index (χ2v) is 15.8. The summed E-state index contributed by atoms with van der Waals surface area (Å²) in [7, 11) is 0. The summed E-state index contributed by atoms with van der Waals surface area (Å²) in [6, 6.07) is 20.1. The number of benzene rings is 3. The molecule has 3 aliphatic heterocycles. The zero-order valence-electron chi connectivity index (χ0n) is 32.4. The lowest BCUT2D eigenvalue weighted by atomic mass is 9.93. The van der Waals surface area contributed by atoms with Crippen molar-refractivity contribution >= 4 is 17.6 Å². The smallest absolute Gasteiger partial charge is 0.320 e. The highest BCUT2D eigenvalue weighted by Gasteiger charge is 2.34. The Balaban J connectivity index is 1.04. The fourth-order valence-electron chi connectivity index (χ4n) is 8.55. The van der Waals surface area contributed by atoms with E-state index >= 15 is 0 Å². The molecule has 3 atom stereocenters. The molecule has 3 aromatic carbocycles. The molecule has 0 radical (unpaired) electrons. The molecule has 1 aromatic heterocycles. The van der Waals surface area contributed by atoms with Crippen LogP contribution in [0.5, 0.6) is 17.2 Å². The normalized spacial score (nSPS) is 19.9. The molecule has 294 valence electrons. The summed E-state index contributed by atoms with van der Waals surface area (Å²) in [6.45, 7) is 11.0. The van der Waals surface area contributed by atoms with Crippen molar-refractivity contribution in [1.29, 1.82) is 5.26 Å². The van der Waals surface area contributed by atoms with Crippen molar-refractivity contribution in [3.63, 3.8) is 0 Å². The number of carbonyl (C=O) groups is 1. The zero-order chi connectivity index (χ0) is 39.0. The van der Waals surface area contributed by atoms with Crippen molar-refractivity contribution in [2.24, 2.45) is 5.92 Å². The molecule has 0 saturated carbocycles. The van der Waals surface area contributed by atoms with Gasteiger partial charge in [0.2, 0.25) is 0 Å². The molecular formula is C45H52ClN5O5. The molecule has 2 unspecified atom stereocenters. The van der Waals surface area contributed by atoms with Crippen LogP contribution < -0.4 is 19.5 Å². The van der Waals surface area contributed by atoms with Gasteiger partial charge in [0.15, 0.2) is 0 Å². The molecule has 0 amide bonds. The summed E-state index contributed by atoms with van der Waals surface area (Å²) in [5.74, 6) is 1.88. The van der Waals surface area contributed by atoms with Crippen molar-refractivity contribution in [2.75, 3.05) is 39.3 Å². The van der Waals surface area contributed by atoms with Crippen LogP contribution >= 0.6 is 11.6 Å². The van der Waals surface area contributed by atoms with Crippen LogP contribution in [0, 0.1) is 31.1 Å². The summed E-state index contributed by atoms with van der Waals surface area (Å²) in [4.78, 5) is 20.8. The van der Waals surface area contributed by atoms with Gasteiger partial charge in [-0.3, -0.25) is 14.7 Å². The van der Waals surface area contributed by atoms with Gasteiger partial charge in [-0.1, -0.05) is 48.4 Å². The lowest BCUT2D eigenvalue weighted by Crippen LogP contribution is -2.44. The van der Waals surface area contributed by atoms with Gasteiger partial charge in [0.05, 0.1) is 17.2 Å². The monoisotopic (exact) mass is 777 g/mol. The Labute approximate surface area is 335 Å². The van der Waals surface area contributed by atoms with Crippen LogP contribution in [0.4, 0.5) is 0 Å². The van der Waals surface area contributed by atoms with Gasteiger partial charge in [0.25, 0.3) is 0 Å². The van der Waals surface area contributed by atoms with Gasteiger partial charge in [0, 0.05) is 61.8 Å². The van der Waals surface area contributed by atoms with Gasteiger partial charge in [0.1, 0.15) is 42.6 Å². The number of pyridine rings is 1. The van der Waals surface area contributed by atoms with E-state index in [0.717, 1.165) is 89.5 Å². The zero-order valence-corrected chi connectivity index (χ0v) is 33.2. The number of carboxylic acids is 1. The molecule has 4 heterocycles. The number of hydrogen-bond acceptors (Lipinski definition) is 9. The number of nitrogens with one attached hydrogen (secondary N) is 1. The van der Waals surface area contributed by atoms with Crippen LogP contribution in [-0.4, -0.2) is 77.3 Å². The molecule has 4 aromatic rings. The number of rotatable bonds is 15. The van der Waals surface area contributed by atoms with Gasteiger partial charge in [-0.05, 0) is 111 Å². The molecular weight excluding hydrogens is 726 g/mol. The number of aliphatic carboxylic acids is 1. The third-order valence-electron chi connectivity index (χ3n) is 11.7. The molecule has 10 nitrogen and oxygen atoms in total. The minimum absolute atomic E-state index is 0.166. The van der Waals surface area contributed by atoms with E-state index in [1.165, 1.54) is 25.6 Å². The largest absolute Gasteiger partial charge is 0.493 e. The van der Waals surface area contributed by atoms with Crippen molar-refractivity contribution in [1.82, 2.24) is 20.1 Å². The fraction of sp³-hybridized carbons (Fsp3) is 0.444. The summed E-state index contributed by atoms with van der Waals surface area (Å²) in [5.41, 5.74) is 7.43. The molecule has 0 aliphatic carbocycles. The number of nitriles is 1. The first-order chi connectivity index (χ1) is 27.3. The lowest BCUT2D eigenvalue weighted by Gasteiger charge is -2.33. The number of aromatic nitrogens is 1. The highest BCUT2D eigenvalue weighted by molar-refractivity contribution is 6.32. The predicted molar refractivity (Wildman–Crippen MR) is 217 cm³/mol. The predicted octanol–water partition coefficient (Wildman–Crippen LogP) is 7.94. The average molecular weight is 778 g/mol. The van der Waals surface area contributed by atoms with Gasteiger partial charge >= 0.3 is 5.97 Å². The Kier molecular flexibility index (Phi) is 13.1. The quantitative estimate of drug-likeness (QED) is 0.115. The number of piperidine rings is 2. The first-order valence-electron chi connectivity index (χ1n) is 19.9. The first-order valence-corrected chi connectivity index (χ1v) is 20.3. The maximum absolute atomic E-state index is 12.1. The summed E-state index contributed by atoms with van der Waals surface area (Å²) >= 11 is 6.88. The van der Waals surface area contributed by atoms with E-state index < -0.39 is 12.0 Å². The van der Waals surface area contributed by atoms with E-state index in [9.17, 15) is 15.2 Å². The SMILES string of the molecule is Cc1c(COc2cc(OCc3cncc(C#N)c3)c(CN3CCCC[C@H]3C(=O)O)cc2Cl)cccc1-c1cccc(OCCCN2CC3CCCNC3C2)c1C. The molecule has 2 N–H and O–H groups in total. The second kappa shape index (κ2) is 18.5.